The molecule has 0 bridgehead atoms. The Kier molecular flexibility index (Phi) is 4.61. The van der Waals surface area contributed by atoms with Crippen LogP contribution in [-0.4, -0.2) is 37.4 Å². The van der Waals surface area contributed by atoms with Gasteiger partial charge >= 0.3 is 0 Å². The lowest BCUT2D eigenvalue weighted by Gasteiger charge is -2.32. The smallest absolute Gasteiger partial charge is 0.0451 e. The fourth-order valence-corrected chi connectivity index (χ4v) is 2.59. The molecular formula is C15H24N2O. The van der Waals surface area contributed by atoms with Crippen molar-refractivity contribution in [3.8, 4) is 0 Å². The molecule has 0 aliphatic carbocycles. The Balaban J connectivity index is 2.22. The minimum Gasteiger partial charge on any atom is -0.396 e. The van der Waals surface area contributed by atoms with Crippen LogP contribution in [0.1, 0.15) is 24.0 Å². The molecule has 1 saturated heterocycles. The lowest BCUT2D eigenvalue weighted by atomic mass is 10.1. The number of benzene rings is 1. The molecule has 0 radical (unpaired) electrons. The molecule has 0 aromatic heterocycles. The molecule has 0 spiro atoms. The highest BCUT2D eigenvalue weighted by molar-refractivity contribution is 5.51. The summed E-state index contributed by atoms with van der Waals surface area (Å²) in [5.74, 6) is 0. The molecule has 1 aromatic carbocycles. The average molecular weight is 248 g/mol. The first kappa shape index (κ1) is 13.4. The van der Waals surface area contributed by atoms with E-state index in [0.717, 1.165) is 32.5 Å². The van der Waals surface area contributed by atoms with Crippen molar-refractivity contribution < 1.29 is 5.11 Å². The molecule has 1 atom stereocenters. The monoisotopic (exact) mass is 248 g/mol. The average Bonchev–Trinajstić information content (AvgIpc) is 2.59. The summed E-state index contributed by atoms with van der Waals surface area (Å²) in [7, 11) is 0. The standard InChI is InChI=1S/C15H24N2O/c1-12-4-5-14(10-13(12)2)17-8-3-7-16-11-15(17)6-9-18/h4-5,10,15-16,18H,3,6-9,11H2,1-2H3. The highest BCUT2D eigenvalue weighted by atomic mass is 16.3. The molecule has 0 amide bonds. The summed E-state index contributed by atoms with van der Waals surface area (Å²) in [6.07, 6.45) is 1.99. The second kappa shape index (κ2) is 6.21. The molecule has 1 fully saturated rings. The van der Waals surface area contributed by atoms with E-state index in [0.29, 0.717) is 6.04 Å². The van der Waals surface area contributed by atoms with Crippen LogP contribution in [0.25, 0.3) is 0 Å². The van der Waals surface area contributed by atoms with Crippen LogP contribution in [0.5, 0.6) is 0 Å². The van der Waals surface area contributed by atoms with Gasteiger partial charge in [-0.1, -0.05) is 6.07 Å². The second-order valence-corrected chi connectivity index (χ2v) is 5.19. The van der Waals surface area contributed by atoms with Crippen molar-refractivity contribution in [2.75, 3.05) is 31.1 Å². The van der Waals surface area contributed by atoms with Crippen molar-refractivity contribution in [2.24, 2.45) is 0 Å². The minimum absolute atomic E-state index is 0.258. The lowest BCUT2D eigenvalue weighted by molar-refractivity contribution is 0.273. The van der Waals surface area contributed by atoms with Crippen LogP contribution < -0.4 is 10.2 Å². The van der Waals surface area contributed by atoms with Crippen molar-refractivity contribution in [1.82, 2.24) is 5.32 Å². The maximum Gasteiger partial charge on any atom is 0.0451 e. The van der Waals surface area contributed by atoms with Crippen molar-refractivity contribution in [3.63, 3.8) is 0 Å². The third-order valence-electron chi connectivity index (χ3n) is 3.86. The first-order chi connectivity index (χ1) is 8.72. The van der Waals surface area contributed by atoms with Gasteiger partial charge in [-0.05, 0) is 56.5 Å². The minimum atomic E-state index is 0.258. The fourth-order valence-electron chi connectivity index (χ4n) is 2.59. The molecule has 0 saturated carbocycles. The van der Waals surface area contributed by atoms with Gasteiger partial charge in [-0.25, -0.2) is 0 Å². The summed E-state index contributed by atoms with van der Waals surface area (Å²) in [6, 6.07) is 7.07. The predicted octanol–water partition coefficient (Wildman–Crippen LogP) is 1.85. The maximum absolute atomic E-state index is 9.22. The number of anilines is 1. The SMILES string of the molecule is Cc1ccc(N2CCCNCC2CCO)cc1C. The quantitative estimate of drug-likeness (QED) is 0.857. The number of nitrogens with one attached hydrogen (secondary N) is 1. The first-order valence-electron chi connectivity index (χ1n) is 6.88. The molecule has 3 heteroatoms. The van der Waals surface area contributed by atoms with Gasteiger partial charge in [0.15, 0.2) is 0 Å². The third-order valence-corrected chi connectivity index (χ3v) is 3.86. The van der Waals surface area contributed by atoms with E-state index in [1.165, 1.54) is 16.8 Å². The molecule has 1 heterocycles. The van der Waals surface area contributed by atoms with Gasteiger partial charge in [-0.15, -0.1) is 0 Å². The summed E-state index contributed by atoms with van der Waals surface area (Å²) in [4.78, 5) is 2.45. The lowest BCUT2D eigenvalue weighted by Crippen LogP contribution is -2.40. The summed E-state index contributed by atoms with van der Waals surface area (Å²) in [6.45, 7) is 7.68. The van der Waals surface area contributed by atoms with Gasteiger partial charge in [0, 0.05) is 31.4 Å². The maximum atomic E-state index is 9.22. The number of hydrogen-bond donors (Lipinski definition) is 2. The highest BCUT2D eigenvalue weighted by Gasteiger charge is 2.20. The molecule has 18 heavy (non-hydrogen) atoms. The largest absolute Gasteiger partial charge is 0.396 e. The first-order valence-corrected chi connectivity index (χ1v) is 6.88. The number of aryl methyl sites for hydroxylation is 2. The van der Waals surface area contributed by atoms with Gasteiger partial charge in [0.1, 0.15) is 0 Å². The number of hydrogen-bond acceptors (Lipinski definition) is 3. The molecular weight excluding hydrogens is 224 g/mol. The van der Waals surface area contributed by atoms with Crippen LogP contribution in [0.2, 0.25) is 0 Å². The number of rotatable bonds is 3. The molecule has 3 nitrogen and oxygen atoms in total. The zero-order valence-electron chi connectivity index (χ0n) is 11.4. The zero-order valence-corrected chi connectivity index (χ0v) is 11.4. The van der Waals surface area contributed by atoms with Gasteiger partial charge in [0.25, 0.3) is 0 Å². The number of aliphatic hydroxyl groups is 1. The van der Waals surface area contributed by atoms with Gasteiger partial charge < -0.3 is 15.3 Å². The van der Waals surface area contributed by atoms with Crippen LogP contribution in [0.4, 0.5) is 5.69 Å². The Labute approximate surface area is 110 Å². The Hall–Kier alpha value is -1.06. The van der Waals surface area contributed by atoms with Crippen LogP contribution in [0.15, 0.2) is 18.2 Å². The Bertz CT molecular complexity index is 392. The normalized spacial score (nSPS) is 20.8. The Morgan fingerprint density at radius 3 is 2.89 bits per heavy atom. The van der Waals surface area contributed by atoms with Gasteiger partial charge in [0.05, 0.1) is 0 Å². The van der Waals surface area contributed by atoms with E-state index in [-0.39, 0.29) is 6.61 Å². The van der Waals surface area contributed by atoms with Gasteiger partial charge in [0.2, 0.25) is 0 Å². The molecule has 100 valence electrons. The van der Waals surface area contributed by atoms with Crippen LogP contribution in [0.3, 0.4) is 0 Å². The van der Waals surface area contributed by atoms with E-state index >= 15 is 0 Å². The number of aliphatic hydroxyl groups excluding tert-OH is 1. The topological polar surface area (TPSA) is 35.5 Å². The van der Waals surface area contributed by atoms with Crippen LogP contribution >= 0.6 is 0 Å². The summed E-state index contributed by atoms with van der Waals surface area (Å²) >= 11 is 0. The summed E-state index contributed by atoms with van der Waals surface area (Å²) in [5, 5.41) is 12.7. The molecule has 1 aliphatic rings. The van der Waals surface area contributed by atoms with E-state index in [9.17, 15) is 5.11 Å². The zero-order chi connectivity index (χ0) is 13.0. The van der Waals surface area contributed by atoms with Crippen molar-refractivity contribution in [2.45, 2.75) is 32.7 Å². The summed E-state index contributed by atoms with van der Waals surface area (Å²) in [5.41, 5.74) is 3.97. The third kappa shape index (κ3) is 3.03. The van der Waals surface area contributed by atoms with Gasteiger partial charge in [-0.2, -0.15) is 0 Å². The van der Waals surface area contributed by atoms with Crippen molar-refractivity contribution in [1.29, 1.82) is 0 Å². The van der Waals surface area contributed by atoms with Crippen LogP contribution in [0, 0.1) is 13.8 Å². The molecule has 1 unspecified atom stereocenters. The van der Waals surface area contributed by atoms with E-state index in [4.69, 9.17) is 0 Å². The number of nitrogens with zero attached hydrogens (tertiary/aromatic N) is 1. The van der Waals surface area contributed by atoms with Crippen molar-refractivity contribution >= 4 is 5.69 Å². The predicted molar refractivity (Wildman–Crippen MR) is 76.2 cm³/mol. The van der Waals surface area contributed by atoms with E-state index in [1.807, 2.05) is 0 Å². The summed E-state index contributed by atoms with van der Waals surface area (Å²) < 4.78 is 0. The molecule has 1 aliphatic heterocycles. The fraction of sp³-hybridized carbons (Fsp3) is 0.600. The highest BCUT2D eigenvalue weighted by Crippen LogP contribution is 2.23. The van der Waals surface area contributed by atoms with E-state index < -0.39 is 0 Å². The van der Waals surface area contributed by atoms with Crippen molar-refractivity contribution in [3.05, 3.63) is 29.3 Å². The second-order valence-electron chi connectivity index (χ2n) is 5.19. The molecule has 2 rings (SSSR count). The van der Waals surface area contributed by atoms with Crippen LogP contribution in [-0.2, 0) is 0 Å². The Morgan fingerprint density at radius 1 is 1.33 bits per heavy atom. The molecule has 1 aromatic rings. The van der Waals surface area contributed by atoms with E-state index in [2.05, 4.69) is 42.3 Å². The van der Waals surface area contributed by atoms with E-state index in [1.54, 1.807) is 0 Å². The van der Waals surface area contributed by atoms with Gasteiger partial charge in [-0.3, -0.25) is 0 Å². The molecule has 2 N–H and O–H groups in total. The Morgan fingerprint density at radius 2 is 2.17 bits per heavy atom.